The molecule has 1 saturated carbocycles. The number of urea groups is 1. The van der Waals surface area contributed by atoms with Crippen LogP contribution in [0.15, 0.2) is 40.6 Å². The fourth-order valence-corrected chi connectivity index (χ4v) is 4.47. The van der Waals surface area contributed by atoms with Crippen LogP contribution < -0.4 is 10.6 Å². The van der Waals surface area contributed by atoms with Crippen LogP contribution in [0.5, 0.6) is 5.75 Å². The van der Waals surface area contributed by atoms with Crippen molar-refractivity contribution in [3.8, 4) is 5.75 Å². The van der Waals surface area contributed by atoms with Gasteiger partial charge in [-0.15, -0.1) is 0 Å². The van der Waals surface area contributed by atoms with E-state index < -0.39 is 6.04 Å². The molecular weight excluding hydrogens is 388 g/mol. The molecule has 0 saturated heterocycles. The summed E-state index contributed by atoms with van der Waals surface area (Å²) in [7, 11) is 0. The molecule has 0 spiro atoms. The smallest absolute Gasteiger partial charge is 0.319 e. The zero-order chi connectivity index (χ0) is 21.1. The van der Waals surface area contributed by atoms with Gasteiger partial charge in [0.25, 0.3) is 0 Å². The molecule has 2 aliphatic rings. The Labute approximate surface area is 177 Å². The highest BCUT2D eigenvalue weighted by molar-refractivity contribution is 6.32. The van der Waals surface area contributed by atoms with Crippen molar-refractivity contribution < 1.29 is 14.7 Å². The van der Waals surface area contributed by atoms with Crippen LogP contribution in [-0.2, 0) is 4.79 Å². The summed E-state index contributed by atoms with van der Waals surface area (Å²) in [5.74, 6) is 0.396. The predicted molar refractivity (Wildman–Crippen MR) is 115 cm³/mol. The first-order valence-corrected chi connectivity index (χ1v) is 10.6. The Morgan fingerprint density at radius 3 is 2.52 bits per heavy atom. The maximum atomic E-state index is 13.3. The largest absolute Gasteiger partial charge is 0.506 e. The molecular formula is C23H29ClN2O3. The molecule has 0 bridgehead atoms. The third-order valence-electron chi connectivity index (χ3n) is 6.00. The standard InChI is InChI=1S/C23H29ClN2O3/c1-4-18-21(20(28)11-14-5-7-15(8-6-14)13(2)3)22(26-23(29)25-18)16-9-10-19(27)17(24)12-16/h9-10,12,14,22,27H,4-8,11H2,1-3H3,(H2,25,26,29). The number of halogens is 1. The lowest BCUT2D eigenvalue weighted by molar-refractivity contribution is -0.117. The van der Waals surface area contributed by atoms with Crippen molar-refractivity contribution in [3.63, 3.8) is 0 Å². The number of carbonyl (C=O) groups excluding carboxylic acids is 2. The van der Waals surface area contributed by atoms with Gasteiger partial charge >= 0.3 is 6.03 Å². The van der Waals surface area contributed by atoms with E-state index in [1.807, 2.05) is 6.92 Å². The van der Waals surface area contributed by atoms with E-state index in [2.05, 4.69) is 24.5 Å². The number of hydrogen-bond acceptors (Lipinski definition) is 3. The molecule has 1 unspecified atom stereocenters. The first-order chi connectivity index (χ1) is 13.8. The van der Waals surface area contributed by atoms with Crippen LogP contribution in [-0.4, -0.2) is 16.9 Å². The van der Waals surface area contributed by atoms with Gasteiger partial charge in [0.05, 0.1) is 11.1 Å². The summed E-state index contributed by atoms with van der Waals surface area (Å²) in [5.41, 5.74) is 4.86. The third kappa shape index (κ3) is 4.84. The molecule has 2 amide bonds. The Bertz CT molecular complexity index is 874. The zero-order valence-electron chi connectivity index (χ0n) is 17.3. The fourth-order valence-electron chi connectivity index (χ4n) is 4.28. The number of aromatic hydroxyl groups is 1. The second-order valence-electron chi connectivity index (χ2n) is 8.16. The normalized spacial score (nSPS) is 22.2. The highest BCUT2D eigenvalue weighted by Gasteiger charge is 2.33. The first-order valence-electron chi connectivity index (χ1n) is 10.3. The number of carbonyl (C=O) groups is 2. The number of phenols is 1. The minimum atomic E-state index is -0.568. The summed E-state index contributed by atoms with van der Waals surface area (Å²) in [6, 6.07) is 3.89. The van der Waals surface area contributed by atoms with Crippen LogP contribution in [0.1, 0.15) is 70.9 Å². The molecule has 1 atom stereocenters. The van der Waals surface area contributed by atoms with Crippen molar-refractivity contribution in [1.29, 1.82) is 0 Å². The average molecular weight is 417 g/mol. The van der Waals surface area contributed by atoms with Crippen LogP contribution >= 0.6 is 11.6 Å². The molecule has 1 aromatic rings. The maximum absolute atomic E-state index is 13.3. The number of ketones is 1. The van der Waals surface area contributed by atoms with Gasteiger partial charge in [0.1, 0.15) is 5.75 Å². The molecule has 0 radical (unpaired) electrons. The number of Topliss-reactive ketones (excluding diaryl/α,β-unsaturated/α-hetero) is 1. The van der Waals surface area contributed by atoms with Gasteiger partial charge < -0.3 is 15.7 Å². The Morgan fingerprint density at radius 2 is 1.93 bits per heavy atom. The molecule has 6 heteroatoms. The topological polar surface area (TPSA) is 78.4 Å². The molecule has 3 N–H and O–H groups in total. The summed E-state index contributed by atoms with van der Waals surface area (Å²) in [6.07, 6.45) is 5.21. The van der Waals surface area contributed by atoms with E-state index in [9.17, 15) is 14.7 Å². The van der Waals surface area contributed by atoms with Crippen molar-refractivity contribution in [1.82, 2.24) is 10.6 Å². The molecule has 1 aliphatic heterocycles. The van der Waals surface area contributed by atoms with Crippen LogP contribution in [0, 0.1) is 5.92 Å². The SMILES string of the molecule is CCC1=C(C(=O)CC2CCC(=C(C)C)CC2)C(c2ccc(O)c(Cl)c2)NC(=O)N1. The Morgan fingerprint density at radius 1 is 1.24 bits per heavy atom. The second-order valence-corrected chi connectivity index (χ2v) is 8.57. The molecule has 0 aromatic heterocycles. The van der Waals surface area contributed by atoms with E-state index in [1.54, 1.807) is 12.1 Å². The highest BCUT2D eigenvalue weighted by atomic mass is 35.5. The van der Waals surface area contributed by atoms with Crippen LogP contribution in [0.3, 0.4) is 0 Å². The number of amides is 2. The quantitative estimate of drug-likeness (QED) is 0.550. The maximum Gasteiger partial charge on any atom is 0.319 e. The van der Waals surface area contributed by atoms with Gasteiger partial charge in [-0.3, -0.25) is 4.79 Å². The van der Waals surface area contributed by atoms with Crippen LogP contribution in [0.25, 0.3) is 0 Å². The molecule has 3 rings (SSSR count). The number of benzene rings is 1. The predicted octanol–water partition coefficient (Wildman–Crippen LogP) is 5.55. The zero-order valence-corrected chi connectivity index (χ0v) is 18.0. The lowest BCUT2D eigenvalue weighted by Gasteiger charge is -2.31. The van der Waals surface area contributed by atoms with E-state index in [-0.39, 0.29) is 22.6 Å². The molecule has 1 aliphatic carbocycles. The number of phenolic OH excluding ortho intramolecular Hbond substituents is 1. The fraction of sp³-hybridized carbons (Fsp3) is 0.478. The van der Waals surface area contributed by atoms with E-state index in [0.717, 1.165) is 25.7 Å². The van der Waals surface area contributed by atoms with Gasteiger partial charge in [-0.2, -0.15) is 0 Å². The first kappa shape index (κ1) is 21.4. The summed E-state index contributed by atoms with van der Waals surface area (Å²) < 4.78 is 0. The van der Waals surface area contributed by atoms with E-state index in [1.165, 1.54) is 17.2 Å². The summed E-state index contributed by atoms with van der Waals surface area (Å²) in [5, 5.41) is 15.6. The van der Waals surface area contributed by atoms with Crippen LogP contribution in [0.4, 0.5) is 4.79 Å². The Balaban J connectivity index is 1.86. The van der Waals surface area contributed by atoms with Crippen molar-refractivity contribution >= 4 is 23.4 Å². The lowest BCUT2D eigenvalue weighted by atomic mass is 9.79. The number of allylic oxidation sites excluding steroid dienone is 3. The van der Waals surface area contributed by atoms with Gasteiger partial charge in [-0.05, 0) is 69.6 Å². The minimum absolute atomic E-state index is 0.0273. The van der Waals surface area contributed by atoms with Gasteiger partial charge in [-0.1, -0.05) is 35.7 Å². The van der Waals surface area contributed by atoms with E-state index >= 15 is 0 Å². The van der Waals surface area contributed by atoms with Gasteiger partial charge in [-0.25, -0.2) is 4.79 Å². The third-order valence-corrected chi connectivity index (χ3v) is 6.31. The molecule has 1 aromatic carbocycles. The number of rotatable bonds is 5. The molecule has 156 valence electrons. The summed E-state index contributed by atoms with van der Waals surface area (Å²) >= 11 is 6.08. The van der Waals surface area contributed by atoms with E-state index in [0.29, 0.717) is 35.6 Å². The molecule has 1 fully saturated rings. The number of nitrogens with one attached hydrogen (secondary N) is 2. The summed E-state index contributed by atoms with van der Waals surface area (Å²) in [4.78, 5) is 25.5. The monoisotopic (exact) mass is 416 g/mol. The van der Waals surface area contributed by atoms with Crippen molar-refractivity contribution in [2.75, 3.05) is 0 Å². The van der Waals surface area contributed by atoms with Gasteiger partial charge in [0.15, 0.2) is 5.78 Å². The van der Waals surface area contributed by atoms with Crippen LogP contribution in [0.2, 0.25) is 5.02 Å². The van der Waals surface area contributed by atoms with Crippen molar-refractivity contribution in [2.24, 2.45) is 5.92 Å². The highest BCUT2D eigenvalue weighted by Crippen LogP contribution is 2.37. The molecule has 29 heavy (non-hydrogen) atoms. The minimum Gasteiger partial charge on any atom is -0.506 e. The van der Waals surface area contributed by atoms with Gasteiger partial charge in [0, 0.05) is 17.7 Å². The van der Waals surface area contributed by atoms with Gasteiger partial charge in [0.2, 0.25) is 0 Å². The Kier molecular flexibility index (Phi) is 6.68. The second kappa shape index (κ2) is 9.04. The summed E-state index contributed by atoms with van der Waals surface area (Å²) in [6.45, 7) is 6.24. The molecule has 1 heterocycles. The van der Waals surface area contributed by atoms with Crippen molar-refractivity contribution in [3.05, 3.63) is 51.2 Å². The lowest BCUT2D eigenvalue weighted by Crippen LogP contribution is -2.45. The van der Waals surface area contributed by atoms with Crippen molar-refractivity contribution in [2.45, 2.75) is 65.3 Å². The average Bonchev–Trinajstić information content (AvgIpc) is 2.69. The van der Waals surface area contributed by atoms with E-state index in [4.69, 9.17) is 11.6 Å². The Hall–Kier alpha value is -2.27. The molecule has 5 nitrogen and oxygen atoms in total. The number of hydrogen-bond donors (Lipinski definition) is 3.